The summed E-state index contributed by atoms with van der Waals surface area (Å²) in [6, 6.07) is 7.76. The van der Waals surface area contributed by atoms with Crippen molar-refractivity contribution in [2.75, 3.05) is 20.3 Å². The van der Waals surface area contributed by atoms with Crippen LogP contribution in [-0.2, 0) is 6.54 Å². The highest BCUT2D eigenvalue weighted by molar-refractivity contribution is 5.80. The van der Waals surface area contributed by atoms with Crippen molar-refractivity contribution in [3.05, 3.63) is 40.2 Å². The van der Waals surface area contributed by atoms with Crippen LogP contribution in [0.1, 0.15) is 25.8 Å². The normalized spacial score (nSPS) is 12.8. The first-order chi connectivity index (χ1) is 10.6. The maximum Gasteiger partial charge on any atom is 0.252 e. The van der Waals surface area contributed by atoms with E-state index in [-0.39, 0.29) is 18.2 Å². The van der Waals surface area contributed by atoms with Gasteiger partial charge in [-0.3, -0.25) is 9.69 Å². The number of aliphatic hydroxyl groups excluding tert-OH is 1. The molecular weight excluding hydrogens is 280 g/mol. The van der Waals surface area contributed by atoms with Gasteiger partial charge in [0.15, 0.2) is 0 Å². The van der Waals surface area contributed by atoms with Crippen molar-refractivity contribution >= 4 is 10.9 Å². The van der Waals surface area contributed by atoms with E-state index in [0.29, 0.717) is 13.0 Å². The van der Waals surface area contributed by atoms with Crippen LogP contribution >= 0.6 is 0 Å². The fourth-order valence-corrected chi connectivity index (χ4v) is 2.64. The van der Waals surface area contributed by atoms with Crippen molar-refractivity contribution in [1.29, 1.82) is 0 Å². The second-order valence-corrected chi connectivity index (χ2v) is 5.50. The zero-order chi connectivity index (χ0) is 16.1. The summed E-state index contributed by atoms with van der Waals surface area (Å²) < 4.78 is 5.23. The first-order valence-electron chi connectivity index (χ1n) is 7.64. The van der Waals surface area contributed by atoms with Gasteiger partial charge in [-0.15, -0.1) is 0 Å². The Morgan fingerprint density at radius 1 is 1.36 bits per heavy atom. The molecule has 0 fully saturated rings. The third-order valence-corrected chi connectivity index (χ3v) is 4.08. The number of nitrogens with zero attached hydrogens (tertiary/aromatic N) is 1. The number of aromatic amines is 1. The van der Waals surface area contributed by atoms with Gasteiger partial charge in [0.1, 0.15) is 5.75 Å². The van der Waals surface area contributed by atoms with Crippen LogP contribution in [0.25, 0.3) is 10.9 Å². The lowest BCUT2D eigenvalue weighted by Gasteiger charge is -2.27. The zero-order valence-corrected chi connectivity index (χ0v) is 13.4. The second-order valence-electron chi connectivity index (χ2n) is 5.50. The fraction of sp³-hybridized carbons (Fsp3) is 0.471. The van der Waals surface area contributed by atoms with E-state index in [2.05, 4.69) is 23.7 Å². The molecule has 22 heavy (non-hydrogen) atoms. The van der Waals surface area contributed by atoms with Gasteiger partial charge in [-0.05, 0) is 44.2 Å². The quantitative estimate of drug-likeness (QED) is 0.822. The summed E-state index contributed by atoms with van der Waals surface area (Å²) in [5.41, 5.74) is 1.47. The lowest BCUT2D eigenvalue weighted by Crippen LogP contribution is -2.35. The van der Waals surface area contributed by atoms with E-state index in [4.69, 9.17) is 9.84 Å². The van der Waals surface area contributed by atoms with E-state index in [9.17, 15) is 4.79 Å². The largest absolute Gasteiger partial charge is 0.497 e. The molecule has 0 aliphatic heterocycles. The Morgan fingerprint density at radius 2 is 2.14 bits per heavy atom. The molecule has 1 unspecified atom stereocenters. The number of hydrogen-bond donors (Lipinski definition) is 2. The van der Waals surface area contributed by atoms with Gasteiger partial charge in [-0.2, -0.15) is 0 Å². The molecule has 0 saturated carbocycles. The van der Waals surface area contributed by atoms with Crippen LogP contribution in [0.5, 0.6) is 5.75 Å². The maximum absolute atomic E-state index is 12.3. The molecule has 0 bridgehead atoms. The molecule has 120 valence electrons. The van der Waals surface area contributed by atoms with Crippen LogP contribution in [0.2, 0.25) is 0 Å². The number of pyridine rings is 1. The number of aliphatic hydroxyl groups is 1. The number of nitrogens with one attached hydrogen (secondary N) is 1. The van der Waals surface area contributed by atoms with Gasteiger partial charge in [-0.1, -0.05) is 6.92 Å². The summed E-state index contributed by atoms with van der Waals surface area (Å²) in [6.07, 6.45) is 0.702. The van der Waals surface area contributed by atoms with Gasteiger partial charge < -0.3 is 14.8 Å². The van der Waals surface area contributed by atoms with Crippen molar-refractivity contribution in [2.24, 2.45) is 0 Å². The summed E-state index contributed by atoms with van der Waals surface area (Å²) >= 11 is 0. The highest BCUT2D eigenvalue weighted by Crippen LogP contribution is 2.19. The third kappa shape index (κ3) is 3.67. The van der Waals surface area contributed by atoms with Gasteiger partial charge in [0, 0.05) is 35.7 Å². The summed E-state index contributed by atoms with van der Waals surface area (Å²) in [6.45, 7) is 5.68. The molecule has 2 rings (SSSR count). The Morgan fingerprint density at radius 3 is 2.77 bits per heavy atom. The molecule has 0 spiro atoms. The minimum Gasteiger partial charge on any atom is -0.497 e. The second kappa shape index (κ2) is 7.42. The number of hydrogen-bond acceptors (Lipinski definition) is 4. The van der Waals surface area contributed by atoms with Crippen molar-refractivity contribution in [3.8, 4) is 5.75 Å². The minimum atomic E-state index is -0.0627. The molecule has 1 heterocycles. The standard InChI is InChI=1S/C17H24N2O3/c1-4-19(12(2)7-8-20)11-14-9-13-10-15(22-3)5-6-16(13)18-17(14)21/h5-6,9-10,12,20H,4,7-8,11H2,1-3H3,(H,18,21). The van der Waals surface area contributed by atoms with Crippen molar-refractivity contribution in [3.63, 3.8) is 0 Å². The Hall–Kier alpha value is -1.85. The molecule has 5 nitrogen and oxygen atoms in total. The number of methoxy groups -OCH3 is 1. The number of fused-ring (bicyclic) bond motifs is 1. The highest BCUT2D eigenvalue weighted by atomic mass is 16.5. The number of H-pyrrole nitrogens is 1. The van der Waals surface area contributed by atoms with Gasteiger partial charge in [0.05, 0.1) is 7.11 Å². The van der Waals surface area contributed by atoms with E-state index in [1.165, 1.54) is 0 Å². The Labute approximate surface area is 130 Å². The van der Waals surface area contributed by atoms with Gasteiger partial charge >= 0.3 is 0 Å². The average Bonchev–Trinajstić information content (AvgIpc) is 2.52. The summed E-state index contributed by atoms with van der Waals surface area (Å²) in [4.78, 5) is 17.4. The van der Waals surface area contributed by atoms with E-state index < -0.39 is 0 Å². The van der Waals surface area contributed by atoms with E-state index >= 15 is 0 Å². The van der Waals surface area contributed by atoms with Gasteiger partial charge in [0.25, 0.3) is 5.56 Å². The molecule has 5 heteroatoms. The molecular formula is C17H24N2O3. The topological polar surface area (TPSA) is 65.6 Å². The smallest absolute Gasteiger partial charge is 0.252 e. The van der Waals surface area contributed by atoms with Crippen LogP contribution in [0, 0.1) is 0 Å². The Kier molecular flexibility index (Phi) is 5.57. The molecule has 0 aliphatic rings. The number of aromatic nitrogens is 1. The lowest BCUT2D eigenvalue weighted by atomic mass is 10.1. The van der Waals surface area contributed by atoms with Crippen molar-refractivity contribution in [2.45, 2.75) is 32.9 Å². The Balaban J connectivity index is 2.33. The van der Waals surface area contributed by atoms with E-state index in [1.54, 1.807) is 7.11 Å². The van der Waals surface area contributed by atoms with Crippen molar-refractivity contribution in [1.82, 2.24) is 9.88 Å². The summed E-state index contributed by atoms with van der Waals surface area (Å²) in [5, 5.41) is 10.1. The molecule has 0 amide bonds. The molecule has 1 atom stereocenters. The van der Waals surface area contributed by atoms with E-state index in [0.717, 1.165) is 28.8 Å². The zero-order valence-electron chi connectivity index (χ0n) is 13.4. The number of ether oxygens (including phenoxy) is 1. The molecule has 0 aliphatic carbocycles. The molecule has 2 N–H and O–H groups in total. The van der Waals surface area contributed by atoms with Gasteiger partial charge in [0.2, 0.25) is 0 Å². The molecule has 1 aromatic carbocycles. The fourth-order valence-electron chi connectivity index (χ4n) is 2.64. The minimum absolute atomic E-state index is 0.0627. The average molecular weight is 304 g/mol. The molecule has 0 saturated heterocycles. The maximum atomic E-state index is 12.3. The number of rotatable bonds is 7. The number of benzene rings is 1. The first kappa shape index (κ1) is 16.5. The van der Waals surface area contributed by atoms with Crippen LogP contribution in [0.4, 0.5) is 0 Å². The van der Waals surface area contributed by atoms with Crippen LogP contribution in [0.3, 0.4) is 0 Å². The summed E-state index contributed by atoms with van der Waals surface area (Å²) in [7, 11) is 1.63. The Bertz CT molecular complexity index is 681. The molecule has 2 aromatic rings. The third-order valence-electron chi connectivity index (χ3n) is 4.08. The van der Waals surface area contributed by atoms with Crippen molar-refractivity contribution < 1.29 is 9.84 Å². The van der Waals surface area contributed by atoms with Crippen LogP contribution in [-0.4, -0.2) is 41.3 Å². The first-order valence-corrected chi connectivity index (χ1v) is 7.64. The monoisotopic (exact) mass is 304 g/mol. The van der Waals surface area contributed by atoms with E-state index in [1.807, 2.05) is 24.3 Å². The molecule has 0 radical (unpaired) electrons. The van der Waals surface area contributed by atoms with Gasteiger partial charge in [-0.25, -0.2) is 0 Å². The molecule has 1 aromatic heterocycles. The van der Waals surface area contributed by atoms with Crippen LogP contribution in [0.15, 0.2) is 29.1 Å². The lowest BCUT2D eigenvalue weighted by molar-refractivity contribution is 0.167. The SMILES string of the molecule is CCN(Cc1cc2cc(OC)ccc2[nH]c1=O)C(C)CCO. The highest BCUT2D eigenvalue weighted by Gasteiger charge is 2.14. The predicted octanol–water partition coefficient (Wildman–Crippen LogP) is 2.13. The summed E-state index contributed by atoms with van der Waals surface area (Å²) in [5.74, 6) is 0.770. The van der Waals surface area contributed by atoms with Crippen LogP contribution < -0.4 is 10.3 Å². The predicted molar refractivity (Wildman–Crippen MR) is 88.4 cm³/mol.